The lowest BCUT2D eigenvalue weighted by atomic mass is 10.1. The summed E-state index contributed by atoms with van der Waals surface area (Å²) in [7, 11) is -3.37. The number of carbonyl (C=O) groups is 2. The van der Waals surface area contributed by atoms with E-state index in [-0.39, 0.29) is 0 Å². The SMILES string of the molecule is CCn1cc(-c2ccc(OCCCCCN3C=CN(c4ccncc4)S3(C(=O)O)C(=O)O)cc2)cn1. The molecular formula is C25H29N5O5S. The summed E-state index contributed by atoms with van der Waals surface area (Å²) in [5, 5.41) is 21.6. The maximum absolute atomic E-state index is 12.3. The van der Waals surface area contributed by atoms with Crippen molar-refractivity contribution in [3.8, 4) is 16.9 Å². The van der Waals surface area contributed by atoms with E-state index in [1.807, 2.05) is 48.3 Å². The van der Waals surface area contributed by atoms with Crippen LogP contribution in [0.5, 0.6) is 5.75 Å². The first-order chi connectivity index (χ1) is 17.5. The van der Waals surface area contributed by atoms with Crippen LogP contribution in [0, 0.1) is 0 Å². The predicted octanol–water partition coefficient (Wildman–Crippen LogP) is 5.80. The van der Waals surface area contributed by atoms with E-state index in [0.717, 1.165) is 36.3 Å². The van der Waals surface area contributed by atoms with Crippen LogP contribution in [0.4, 0.5) is 15.3 Å². The van der Waals surface area contributed by atoms with Crippen molar-refractivity contribution in [3.63, 3.8) is 0 Å². The highest BCUT2D eigenvalue weighted by Crippen LogP contribution is 2.61. The molecule has 10 nitrogen and oxygen atoms in total. The van der Waals surface area contributed by atoms with Crippen LogP contribution < -0.4 is 9.04 Å². The Labute approximate surface area is 211 Å². The van der Waals surface area contributed by atoms with E-state index < -0.39 is 21.0 Å². The number of aromatic nitrogens is 3. The van der Waals surface area contributed by atoms with Gasteiger partial charge in [0.2, 0.25) is 0 Å². The van der Waals surface area contributed by atoms with Gasteiger partial charge in [-0.1, -0.05) is 12.1 Å². The molecule has 0 unspecified atom stereocenters. The molecule has 1 aromatic carbocycles. The van der Waals surface area contributed by atoms with Crippen molar-refractivity contribution in [2.24, 2.45) is 0 Å². The molecule has 0 aliphatic carbocycles. The number of ether oxygens (including phenoxy) is 1. The summed E-state index contributed by atoms with van der Waals surface area (Å²) in [6, 6.07) is 11.1. The summed E-state index contributed by atoms with van der Waals surface area (Å²) in [5.41, 5.74) is 2.61. The highest BCUT2D eigenvalue weighted by Gasteiger charge is 2.53. The molecule has 0 fully saturated rings. The summed E-state index contributed by atoms with van der Waals surface area (Å²) >= 11 is 0. The van der Waals surface area contributed by atoms with Gasteiger partial charge in [0.1, 0.15) is 16.1 Å². The summed E-state index contributed by atoms with van der Waals surface area (Å²) in [4.78, 5) is 28.5. The number of rotatable bonds is 10. The molecule has 190 valence electrons. The molecule has 0 bridgehead atoms. The van der Waals surface area contributed by atoms with Crippen molar-refractivity contribution >= 4 is 26.7 Å². The molecule has 2 N–H and O–H groups in total. The molecule has 11 heteroatoms. The van der Waals surface area contributed by atoms with Crippen LogP contribution in [0.2, 0.25) is 0 Å². The van der Waals surface area contributed by atoms with Gasteiger partial charge in [-0.2, -0.15) is 5.10 Å². The van der Waals surface area contributed by atoms with Crippen LogP contribution in [0.15, 0.2) is 73.6 Å². The number of hydrogen-bond acceptors (Lipinski definition) is 7. The van der Waals surface area contributed by atoms with Crippen molar-refractivity contribution in [2.45, 2.75) is 32.7 Å². The number of hydrogen-bond donors (Lipinski definition) is 2. The summed E-state index contributed by atoms with van der Waals surface area (Å²) < 4.78 is 10.5. The third kappa shape index (κ3) is 5.01. The average molecular weight is 512 g/mol. The van der Waals surface area contributed by atoms with Crippen molar-refractivity contribution in [3.05, 3.63) is 73.6 Å². The van der Waals surface area contributed by atoms with Crippen molar-refractivity contribution in [1.29, 1.82) is 0 Å². The molecule has 0 radical (unpaired) electrons. The third-order valence-electron chi connectivity index (χ3n) is 5.83. The van der Waals surface area contributed by atoms with Gasteiger partial charge in [-0.15, -0.1) is 0 Å². The first kappa shape index (κ1) is 25.1. The van der Waals surface area contributed by atoms with Crippen molar-refractivity contribution in [2.75, 3.05) is 17.5 Å². The average Bonchev–Trinajstić information content (AvgIpc) is 3.53. The van der Waals surface area contributed by atoms with Crippen LogP contribution in [0.3, 0.4) is 0 Å². The van der Waals surface area contributed by atoms with Gasteiger partial charge in [0.05, 0.1) is 18.5 Å². The minimum absolute atomic E-state index is 0.312. The quantitative estimate of drug-likeness (QED) is 0.325. The van der Waals surface area contributed by atoms with Crippen LogP contribution in [-0.4, -0.2) is 53.0 Å². The molecule has 3 heterocycles. The Morgan fingerprint density at radius 3 is 2.31 bits per heavy atom. The van der Waals surface area contributed by atoms with E-state index in [2.05, 4.69) is 10.1 Å². The van der Waals surface area contributed by atoms with Crippen molar-refractivity contribution in [1.82, 2.24) is 19.1 Å². The topological polar surface area (TPSA) is 121 Å². The highest BCUT2D eigenvalue weighted by molar-refractivity contribution is 8.54. The Morgan fingerprint density at radius 1 is 0.944 bits per heavy atom. The fourth-order valence-electron chi connectivity index (χ4n) is 3.97. The minimum atomic E-state index is -3.37. The molecule has 0 saturated carbocycles. The number of aryl methyl sites for hydroxylation is 1. The molecule has 3 aromatic rings. The smallest absolute Gasteiger partial charge is 0.393 e. The number of pyridine rings is 1. The largest absolute Gasteiger partial charge is 0.494 e. The van der Waals surface area contributed by atoms with Crippen LogP contribution in [-0.2, 0) is 6.54 Å². The predicted molar refractivity (Wildman–Crippen MR) is 139 cm³/mol. The number of nitrogens with zero attached hydrogens (tertiary/aromatic N) is 5. The minimum Gasteiger partial charge on any atom is -0.494 e. The van der Waals surface area contributed by atoms with E-state index in [1.54, 1.807) is 18.3 Å². The Hall–Kier alpha value is -3.99. The highest BCUT2D eigenvalue weighted by atomic mass is 32.3. The molecule has 36 heavy (non-hydrogen) atoms. The van der Waals surface area contributed by atoms with Crippen LogP contribution in [0.1, 0.15) is 26.2 Å². The molecular weight excluding hydrogens is 482 g/mol. The lowest BCUT2D eigenvalue weighted by molar-refractivity contribution is 0.213. The Bertz CT molecular complexity index is 1200. The van der Waals surface area contributed by atoms with Gasteiger partial charge in [0, 0.05) is 49.6 Å². The zero-order valence-corrected chi connectivity index (χ0v) is 20.8. The Kier molecular flexibility index (Phi) is 7.79. The van der Waals surface area contributed by atoms with E-state index in [4.69, 9.17) is 4.74 Å². The van der Waals surface area contributed by atoms with E-state index in [9.17, 15) is 19.8 Å². The number of unbranched alkanes of at least 4 members (excludes halogenated alkanes) is 2. The Balaban J connectivity index is 1.27. The maximum Gasteiger partial charge on any atom is 0.393 e. The van der Waals surface area contributed by atoms with Gasteiger partial charge >= 0.3 is 10.6 Å². The van der Waals surface area contributed by atoms with Crippen molar-refractivity contribution < 1.29 is 24.5 Å². The first-order valence-corrected chi connectivity index (χ1v) is 13.2. The second-order valence-corrected chi connectivity index (χ2v) is 10.7. The molecule has 1 aliphatic rings. The molecule has 4 rings (SSSR count). The molecule has 0 spiro atoms. The lowest BCUT2D eigenvalue weighted by Gasteiger charge is -2.42. The normalized spacial score (nSPS) is 15.1. The fraction of sp³-hybridized carbons (Fsp3) is 0.280. The second-order valence-electron chi connectivity index (χ2n) is 8.07. The molecule has 1 aliphatic heterocycles. The summed E-state index contributed by atoms with van der Waals surface area (Å²) in [6.07, 6.45) is 12.1. The van der Waals surface area contributed by atoms with Crippen LogP contribution in [0.25, 0.3) is 11.1 Å². The molecule has 0 amide bonds. The number of benzene rings is 1. The zero-order chi connectivity index (χ0) is 25.5. The van der Waals surface area contributed by atoms with Gasteiger partial charge in [0.15, 0.2) is 0 Å². The van der Waals surface area contributed by atoms with Gasteiger partial charge < -0.3 is 19.3 Å². The van der Waals surface area contributed by atoms with Gasteiger partial charge in [0.25, 0.3) is 0 Å². The standard InChI is InChI=1S/C25H29N5O5S/c1-2-28-19-21(18-27-28)20-6-8-23(9-7-20)35-17-5-3-4-14-29-15-16-30(22-10-12-26-13-11-22)36(29,24(31)32)25(33)34/h6-13,15-16,18-19H,2-5,14,17H2,1H3,(H,31,32)(H,33,34). The van der Waals surface area contributed by atoms with E-state index in [1.165, 1.54) is 27.2 Å². The summed E-state index contributed by atoms with van der Waals surface area (Å²) in [5.74, 6) is 0.775. The first-order valence-electron chi connectivity index (χ1n) is 11.7. The van der Waals surface area contributed by atoms with Crippen LogP contribution >= 0.6 is 10.4 Å². The third-order valence-corrected chi connectivity index (χ3v) is 8.69. The zero-order valence-electron chi connectivity index (χ0n) is 19.9. The Morgan fingerprint density at radius 2 is 1.67 bits per heavy atom. The number of carboxylic acid groups (broad SMARTS) is 2. The second kappa shape index (κ2) is 11.2. The van der Waals surface area contributed by atoms with Gasteiger partial charge in [-0.05, 0) is 56.0 Å². The van der Waals surface area contributed by atoms with E-state index in [0.29, 0.717) is 25.3 Å². The molecule has 0 saturated heterocycles. The monoisotopic (exact) mass is 511 g/mol. The van der Waals surface area contributed by atoms with E-state index >= 15 is 0 Å². The fourth-order valence-corrected chi connectivity index (χ4v) is 6.36. The lowest BCUT2D eigenvalue weighted by Crippen LogP contribution is -2.39. The van der Waals surface area contributed by atoms with Gasteiger partial charge in [-0.25, -0.2) is 9.59 Å². The summed E-state index contributed by atoms with van der Waals surface area (Å²) in [6.45, 7) is 3.70. The number of anilines is 1. The maximum atomic E-state index is 12.3. The molecule has 0 atom stereocenters. The molecule has 2 aromatic heterocycles. The van der Waals surface area contributed by atoms with Gasteiger partial charge in [-0.3, -0.25) is 14.0 Å².